The van der Waals surface area contributed by atoms with E-state index in [1.165, 1.54) is 75.8 Å². The van der Waals surface area contributed by atoms with E-state index in [0.717, 1.165) is 33.1 Å². The first-order valence-electron chi connectivity index (χ1n) is 15.8. The van der Waals surface area contributed by atoms with Crippen molar-refractivity contribution in [1.29, 1.82) is 0 Å². The van der Waals surface area contributed by atoms with Crippen molar-refractivity contribution in [2.45, 2.75) is 38.6 Å². The van der Waals surface area contributed by atoms with Crippen LogP contribution in [0.1, 0.15) is 31.4 Å². The first-order valence-corrected chi connectivity index (χ1v) is 15.8. The van der Waals surface area contributed by atoms with E-state index < -0.39 is 17.5 Å². The number of carbonyl (C=O) groups is 2. The maximum absolute atomic E-state index is 9.00. The van der Waals surface area contributed by atoms with Crippen LogP contribution in [0.4, 0.5) is 0 Å². The van der Waals surface area contributed by atoms with Crippen molar-refractivity contribution in [3.63, 3.8) is 0 Å². The molecule has 0 unspecified atom stereocenters. The Hall–Kier alpha value is -5.30. The lowest BCUT2D eigenvalue weighted by Crippen LogP contribution is -2.46. The Balaban J connectivity index is 0.000000438. The summed E-state index contributed by atoms with van der Waals surface area (Å²) in [6, 6.07) is 40.3. The van der Waals surface area contributed by atoms with Crippen molar-refractivity contribution in [3.05, 3.63) is 120 Å². The Bertz CT molecular complexity index is 2180. The van der Waals surface area contributed by atoms with Gasteiger partial charge in [-0.25, -0.2) is 0 Å². The molecule has 6 N–H and O–H groups in total. The molecule has 0 atom stereocenters. The second-order valence-electron chi connectivity index (χ2n) is 12.5. The summed E-state index contributed by atoms with van der Waals surface area (Å²) in [5, 5.41) is 30.6. The predicted octanol–water partition coefficient (Wildman–Crippen LogP) is 8.49. The van der Waals surface area contributed by atoms with E-state index in [1.54, 1.807) is 0 Å². The summed E-state index contributed by atoms with van der Waals surface area (Å²) in [6.07, 6.45) is 2.32. The zero-order valence-electron chi connectivity index (χ0n) is 26.6. The van der Waals surface area contributed by atoms with E-state index in [4.69, 9.17) is 31.3 Å². The summed E-state index contributed by atoms with van der Waals surface area (Å²) in [5.41, 5.74) is 15.7. The third-order valence-corrected chi connectivity index (χ3v) is 8.97. The molecule has 6 heteroatoms. The number of aliphatic carboxylic acids is 2. The molecular formula is C41H38N2O4. The predicted molar refractivity (Wildman–Crippen MR) is 195 cm³/mol. The third kappa shape index (κ3) is 6.26. The van der Waals surface area contributed by atoms with E-state index in [1.807, 2.05) is 0 Å². The van der Waals surface area contributed by atoms with Gasteiger partial charge in [-0.3, -0.25) is 9.59 Å². The van der Waals surface area contributed by atoms with Crippen LogP contribution in [0.5, 0.6) is 0 Å². The Morgan fingerprint density at radius 3 is 1.17 bits per heavy atom. The van der Waals surface area contributed by atoms with Crippen molar-refractivity contribution < 1.29 is 19.8 Å². The lowest BCUT2D eigenvalue weighted by Gasteiger charge is -2.31. The molecule has 0 saturated heterocycles. The van der Waals surface area contributed by atoms with Gasteiger partial charge in [0.05, 0.1) is 0 Å². The molecule has 0 spiro atoms. The molecule has 0 aliphatic carbocycles. The van der Waals surface area contributed by atoms with Crippen molar-refractivity contribution in [1.82, 2.24) is 0 Å². The van der Waals surface area contributed by atoms with E-state index in [0.29, 0.717) is 6.54 Å². The normalized spacial score (nSPS) is 11.7. The summed E-state index contributed by atoms with van der Waals surface area (Å²) in [5.74, 6) is -1.67. The van der Waals surface area contributed by atoms with Gasteiger partial charge in [0.25, 0.3) is 11.9 Å². The fraction of sp³-hybridized carbons (Fsp3) is 0.171. The van der Waals surface area contributed by atoms with Crippen LogP contribution < -0.4 is 11.5 Å². The SMILES string of the molecule is CC(=O)O.CC(=O)O.NCCC(N)(Cc1ccc2ccc3cccc4ccc1c2c34)Cc1ccc2ccc3cccc4ccc1c2c34. The molecule has 0 aromatic heterocycles. The molecule has 47 heavy (non-hydrogen) atoms. The highest BCUT2D eigenvalue weighted by molar-refractivity contribution is 6.24. The summed E-state index contributed by atoms with van der Waals surface area (Å²) < 4.78 is 0. The maximum Gasteiger partial charge on any atom is 0.300 e. The second kappa shape index (κ2) is 12.8. The molecule has 0 bridgehead atoms. The van der Waals surface area contributed by atoms with Gasteiger partial charge in [0.1, 0.15) is 0 Å². The number of rotatable bonds is 6. The van der Waals surface area contributed by atoms with Crippen LogP contribution in [0.15, 0.2) is 109 Å². The van der Waals surface area contributed by atoms with Gasteiger partial charge >= 0.3 is 0 Å². The molecule has 0 radical (unpaired) electrons. The fourth-order valence-electron chi connectivity index (χ4n) is 7.19. The number of nitrogens with two attached hydrogens (primary N) is 2. The number of hydrogen-bond acceptors (Lipinski definition) is 4. The highest BCUT2D eigenvalue weighted by Gasteiger charge is 2.28. The monoisotopic (exact) mass is 622 g/mol. The van der Waals surface area contributed by atoms with E-state index in [9.17, 15) is 0 Å². The molecule has 0 aliphatic rings. The topological polar surface area (TPSA) is 127 Å². The molecule has 8 aromatic rings. The average molecular weight is 623 g/mol. The van der Waals surface area contributed by atoms with Crippen LogP contribution in [-0.4, -0.2) is 34.2 Å². The number of hydrogen-bond donors (Lipinski definition) is 4. The first-order chi connectivity index (χ1) is 22.6. The standard InChI is InChI=1S/C37H30N2.2C2H4O2/c38-20-19-37(39,21-29-13-11-27-9-7-23-3-1-5-25-15-17-31(29)35(27)33(23)25)22-30-14-12-28-10-8-24-4-2-6-26-16-18-32(30)36(28)34(24)26;2*1-2(3)4/h1-18H,19-22,38-39H2;2*1H3,(H,3,4). The molecule has 0 heterocycles. The molecule has 0 amide bonds. The van der Waals surface area contributed by atoms with Gasteiger partial charge in [-0.05, 0) is 102 Å². The maximum atomic E-state index is 9.00. The minimum absolute atomic E-state index is 0.458. The minimum atomic E-state index is -0.833. The minimum Gasteiger partial charge on any atom is -0.481 e. The summed E-state index contributed by atoms with van der Waals surface area (Å²) in [6.45, 7) is 2.73. The van der Waals surface area contributed by atoms with Gasteiger partial charge in [-0.15, -0.1) is 0 Å². The summed E-state index contributed by atoms with van der Waals surface area (Å²) >= 11 is 0. The van der Waals surface area contributed by atoms with Gasteiger partial charge in [0.2, 0.25) is 0 Å². The fourth-order valence-corrected chi connectivity index (χ4v) is 7.19. The molecule has 6 nitrogen and oxygen atoms in total. The third-order valence-electron chi connectivity index (χ3n) is 8.97. The van der Waals surface area contributed by atoms with Gasteiger partial charge in [-0.1, -0.05) is 109 Å². The number of carboxylic acids is 2. The first kappa shape index (κ1) is 31.7. The zero-order chi connectivity index (χ0) is 33.3. The van der Waals surface area contributed by atoms with Crippen LogP contribution in [0.3, 0.4) is 0 Å². The molecule has 8 rings (SSSR count). The largest absolute Gasteiger partial charge is 0.481 e. The van der Waals surface area contributed by atoms with Crippen LogP contribution in [0.25, 0.3) is 64.6 Å². The average Bonchev–Trinajstić information content (AvgIpc) is 3.03. The van der Waals surface area contributed by atoms with E-state index in [-0.39, 0.29) is 0 Å². The number of carboxylic acid groups (broad SMARTS) is 2. The van der Waals surface area contributed by atoms with Gasteiger partial charge in [0.15, 0.2) is 0 Å². The van der Waals surface area contributed by atoms with Gasteiger partial charge in [-0.2, -0.15) is 0 Å². The van der Waals surface area contributed by atoms with Crippen LogP contribution in [-0.2, 0) is 22.4 Å². The second-order valence-corrected chi connectivity index (χ2v) is 12.5. The van der Waals surface area contributed by atoms with Crippen molar-refractivity contribution in [2.75, 3.05) is 6.54 Å². The lowest BCUT2D eigenvalue weighted by molar-refractivity contribution is -0.135. The van der Waals surface area contributed by atoms with Crippen LogP contribution >= 0.6 is 0 Å². The molecule has 236 valence electrons. The summed E-state index contributed by atoms with van der Waals surface area (Å²) in [4.78, 5) is 18.0. The quantitative estimate of drug-likeness (QED) is 0.138. The van der Waals surface area contributed by atoms with E-state index in [2.05, 4.69) is 109 Å². The lowest BCUT2D eigenvalue weighted by atomic mass is 9.79. The van der Waals surface area contributed by atoms with Crippen molar-refractivity contribution >= 4 is 76.6 Å². The molecular weight excluding hydrogens is 584 g/mol. The molecule has 0 fully saturated rings. The Morgan fingerprint density at radius 2 is 0.830 bits per heavy atom. The Kier molecular flexibility index (Phi) is 8.65. The smallest absolute Gasteiger partial charge is 0.300 e. The van der Waals surface area contributed by atoms with Crippen molar-refractivity contribution in [3.8, 4) is 0 Å². The Morgan fingerprint density at radius 1 is 0.532 bits per heavy atom. The zero-order valence-corrected chi connectivity index (χ0v) is 26.6. The molecule has 8 aromatic carbocycles. The van der Waals surface area contributed by atoms with E-state index >= 15 is 0 Å². The highest BCUT2D eigenvalue weighted by Crippen LogP contribution is 2.39. The Labute approximate surface area is 272 Å². The molecule has 0 aliphatic heterocycles. The highest BCUT2D eigenvalue weighted by atomic mass is 16.4. The number of benzene rings is 8. The van der Waals surface area contributed by atoms with Crippen LogP contribution in [0.2, 0.25) is 0 Å². The molecule has 0 saturated carbocycles. The van der Waals surface area contributed by atoms with Crippen LogP contribution in [0, 0.1) is 0 Å². The van der Waals surface area contributed by atoms with Gasteiger partial charge in [0, 0.05) is 19.4 Å². The summed E-state index contributed by atoms with van der Waals surface area (Å²) in [7, 11) is 0. The van der Waals surface area contributed by atoms with Gasteiger partial charge < -0.3 is 21.7 Å². The van der Waals surface area contributed by atoms with Crippen molar-refractivity contribution in [2.24, 2.45) is 11.5 Å².